The highest BCUT2D eigenvalue weighted by molar-refractivity contribution is 5.38. The van der Waals surface area contributed by atoms with Gasteiger partial charge >= 0.3 is 12.4 Å². The average molecular weight is 523 g/mol. The van der Waals surface area contributed by atoms with Gasteiger partial charge in [0.2, 0.25) is 0 Å². The summed E-state index contributed by atoms with van der Waals surface area (Å²) in [5, 5.41) is 20.1. The fraction of sp³-hybridized carbons (Fsp3) is 0.778. The third kappa shape index (κ3) is 4.68. The number of allylic oxidation sites excluding steroid dienone is 3. The lowest BCUT2D eigenvalue weighted by atomic mass is 9.60. The monoisotopic (exact) mass is 522 g/mol. The van der Waals surface area contributed by atoms with Gasteiger partial charge in [0.15, 0.2) is 0 Å². The van der Waals surface area contributed by atoms with Crippen molar-refractivity contribution in [1.82, 2.24) is 0 Å². The average Bonchev–Trinajstić information content (AvgIpc) is 3.07. The van der Waals surface area contributed by atoms with E-state index in [1.165, 1.54) is 5.57 Å². The van der Waals surface area contributed by atoms with Crippen LogP contribution in [0, 0.1) is 23.2 Å². The zero-order valence-electron chi connectivity index (χ0n) is 20.8. The molecule has 0 radical (unpaired) electrons. The summed E-state index contributed by atoms with van der Waals surface area (Å²) in [6.45, 7) is 8.09. The zero-order chi connectivity index (χ0) is 26.7. The van der Waals surface area contributed by atoms with E-state index in [0.717, 1.165) is 37.7 Å². The summed E-state index contributed by atoms with van der Waals surface area (Å²) < 4.78 is 83.6. The van der Waals surface area contributed by atoms with Crippen molar-refractivity contribution in [2.75, 3.05) is 0 Å². The molecule has 2 N–H and O–H groups in total. The van der Waals surface area contributed by atoms with Crippen LogP contribution in [0.1, 0.15) is 71.6 Å². The van der Waals surface area contributed by atoms with Crippen LogP contribution >= 0.6 is 0 Å². The van der Waals surface area contributed by atoms with Crippen LogP contribution in [0.3, 0.4) is 0 Å². The molecule has 4 rings (SSSR count). The molecule has 1 heterocycles. The van der Waals surface area contributed by atoms with Crippen LogP contribution in [0.15, 0.2) is 35.5 Å². The van der Waals surface area contributed by atoms with E-state index in [1.807, 2.05) is 13.0 Å². The van der Waals surface area contributed by atoms with Gasteiger partial charge in [0.25, 0.3) is 5.60 Å². The number of aliphatic hydroxyl groups excluding tert-OH is 2. The Kier molecular flexibility index (Phi) is 7.28. The van der Waals surface area contributed by atoms with Gasteiger partial charge in [0.1, 0.15) is 0 Å². The second-order valence-electron chi connectivity index (χ2n) is 11.6. The Bertz CT molecular complexity index is 897. The molecule has 0 bridgehead atoms. The topological polar surface area (TPSA) is 49.7 Å². The number of alkyl halides is 6. The molecule has 7 atom stereocenters. The number of rotatable bonds is 4. The van der Waals surface area contributed by atoms with Crippen molar-refractivity contribution in [3.8, 4) is 0 Å². The Hall–Kier alpha value is -1.32. The lowest BCUT2D eigenvalue weighted by molar-refractivity contribution is -0.440. The van der Waals surface area contributed by atoms with E-state index >= 15 is 0 Å². The third-order valence-corrected chi connectivity index (χ3v) is 9.42. The second-order valence-corrected chi connectivity index (χ2v) is 11.6. The molecule has 4 aliphatic rings. The molecular formula is C27H36F6O3. The highest BCUT2D eigenvalue weighted by atomic mass is 19.4. The molecule has 1 saturated heterocycles. The molecule has 3 nitrogen and oxygen atoms in total. The summed E-state index contributed by atoms with van der Waals surface area (Å²) in [6.07, 6.45) is -4.87. The maximum absolute atomic E-state index is 13.2. The Balaban J connectivity index is 1.44. The third-order valence-electron chi connectivity index (χ3n) is 9.42. The van der Waals surface area contributed by atoms with Crippen LogP contribution < -0.4 is 0 Å². The van der Waals surface area contributed by atoms with Gasteiger partial charge in [-0.25, -0.2) is 0 Å². The summed E-state index contributed by atoms with van der Waals surface area (Å²) in [6, 6.07) is 0. The fourth-order valence-electron chi connectivity index (χ4n) is 7.51. The lowest BCUT2D eigenvalue weighted by Gasteiger charge is -2.50. The van der Waals surface area contributed by atoms with Crippen molar-refractivity contribution >= 4 is 0 Å². The number of fused-ring (bicyclic) bond motifs is 1. The smallest absolute Gasteiger partial charge is 0.393 e. The van der Waals surface area contributed by atoms with Crippen molar-refractivity contribution in [3.63, 3.8) is 0 Å². The van der Waals surface area contributed by atoms with Gasteiger partial charge in [-0.1, -0.05) is 38.2 Å². The van der Waals surface area contributed by atoms with Crippen molar-refractivity contribution in [1.29, 1.82) is 0 Å². The summed E-state index contributed by atoms with van der Waals surface area (Å²) >= 11 is 0. The highest BCUT2D eigenvalue weighted by Crippen LogP contribution is 2.61. The summed E-state index contributed by atoms with van der Waals surface area (Å²) in [7, 11) is 0. The molecule has 3 aliphatic carbocycles. The minimum atomic E-state index is -5.48. The lowest BCUT2D eigenvalue weighted by Crippen LogP contribution is -2.68. The molecule has 4 fully saturated rings. The maximum atomic E-state index is 13.2. The first-order valence-corrected chi connectivity index (χ1v) is 12.8. The number of aliphatic hydroxyl groups is 2. The predicted octanol–water partition coefficient (Wildman–Crippen LogP) is 6.81. The van der Waals surface area contributed by atoms with Crippen LogP contribution in [-0.4, -0.2) is 46.5 Å². The van der Waals surface area contributed by atoms with Gasteiger partial charge in [-0.15, -0.1) is 0 Å². The Morgan fingerprint density at radius 3 is 2.36 bits per heavy atom. The molecule has 0 amide bonds. The van der Waals surface area contributed by atoms with E-state index in [-0.39, 0.29) is 36.0 Å². The van der Waals surface area contributed by atoms with Gasteiger partial charge in [0, 0.05) is 12.8 Å². The Labute approximate surface area is 208 Å². The molecule has 36 heavy (non-hydrogen) atoms. The summed E-state index contributed by atoms with van der Waals surface area (Å²) in [5.74, 6) is 0.405. The second kappa shape index (κ2) is 9.45. The van der Waals surface area contributed by atoms with Crippen LogP contribution in [0.25, 0.3) is 0 Å². The molecule has 3 saturated carbocycles. The quantitative estimate of drug-likeness (QED) is 0.399. The summed E-state index contributed by atoms with van der Waals surface area (Å²) in [4.78, 5) is 0. The van der Waals surface area contributed by atoms with E-state index in [0.29, 0.717) is 12.0 Å². The summed E-state index contributed by atoms with van der Waals surface area (Å²) in [5.41, 5.74) is -1.38. The molecule has 0 aromatic heterocycles. The standard InChI is InChI=1S/C27H36F6O3/c1-15(11-20-14-25(36-20,26(28,29)30)27(31,32)33)21-8-9-22-17(5-4-10-24(21,22)3)6-7-18-12-19(34)13-23(35)16(18)2/h6-7,15,19-23,34-35H,2,4-5,8-14H2,1,3H3/b17-6-,18-7+/t15?,19-,20?,21-,22?,23+,24-/m1/s1. The predicted molar refractivity (Wildman–Crippen MR) is 123 cm³/mol. The highest BCUT2D eigenvalue weighted by Gasteiger charge is 2.77. The van der Waals surface area contributed by atoms with E-state index in [9.17, 15) is 36.6 Å². The van der Waals surface area contributed by atoms with Gasteiger partial charge in [-0.3, -0.25) is 0 Å². The van der Waals surface area contributed by atoms with Crippen molar-refractivity contribution in [2.24, 2.45) is 23.2 Å². The van der Waals surface area contributed by atoms with Crippen molar-refractivity contribution < 1.29 is 41.3 Å². The van der Waals surface area contributed by atoms with Crippen LogP contribution in [0.4, 0.5) is 26.3 Å². The van der Waals surface area contributed by atoms with Crippen LogP contribution in [0.2, 0.25) is 0 Å². The number of ether oxygens (including phenoxy) is 1. The number of hydrogen-bond donors (Lipinski definition) is 2. The molecule has 0 aromatic carbocycles. The van der Waals surface area contributed by atoms with E-state index in [2.05, 4.69) is 24.3 Å². The van der Waals surface area contributed by atoms with Crippen molar-refractivity contribution in [3.05, 3.63) is 35.5 Å². The first-order chi connectivity index (χ1) is 16.6. The number of hydrogen-bond acceptors (Lipinski definition) is 3. The van der Waals surface area contributed by atoms with E-state index in [1.54, 1.807) is 0 Å². The molecule has 3 unspecified atom stereocenters. The fourth-order valence-corrected chi connectivity index (χ4v) is 7.51. The minimum Gasteiger partial charge on any atom is -0.393 e. The van der Waals surface area contributed by atoms with E-state index in [4.69, 9.17) is 0 Å². The van der Waals surface area contributed by atoms with Gasteiger partial charge < -0.3 is 14.9 Å². The normalized spacial score (nSPS) is 40.3. The largest absolute Gasteiger partial charge is 0.426 e. The van der Waals surface area contributed by atoms with Crippen molar-refractivity contribution in [2.45, 2.75) is 108 Å². The van der Waals surface area contributed by atoms with Gasteiger partial charge in [-0.05, 0) is 79.3 Å². The molecule has 0 spiro atoms. The first-order valence-electron chi connectivity index (χ1n) is 12.8. The minimum absolute atomic E-state index is 0.0643. The van der Waals surface area contributed by atoms with Gasteiger partial charge in [0.05, 0.1) is 18.3 Å². The van der Waals surface area contributed by atoms with Crippen LogP contribution in [0.5, 0.6) is 0 Å². The number of halogens is 6. The zero-order valence-corrected chi connectivity index (χ0v) is 20.8. The first kappa shape index (κ1) is 27.7. The van der Waals surface area contributed by atoms with Crippen LogP contribution in [-0.2, 0) is 4.74 Å². The Morgan fingerprint density at radius 1 is 1.11 bits per heavy atom. The van der Waals surface area contributed by atoms with Gasteiger partial charge in [-0.2, -0.15) is 26.3 Å². The maximum Gasteiger partial charge on any atom is 0.426 e. The molecule has 204 valence electrons. The Morgan fingerprint density at radius 2 is 1.75 bits per heavy atom. The molecular weight excluding hydrogens is 486 g/mol. The molecule has 1 aliphatic heterocycles. The van der Waals surface area contributed by atoms with E-state index < -0.39 is 42.7 Å². The SMILES string of the molecule is C=C1/C(=C/C=C2/CCC[C@@]3(C)C2CC[C@@H]3C(C)CC2CC(C(F)(F)F)(C(F)(F)F)O2)C[C@@H](O)C[C@@H]1O. The molecule has 9 heteroatoms. The molecule has 0 aromatic rings.